The van der Waals surface area contributed by atoms with Crippen molar-refractivity contribution in [2.24, 2.45) is 0 Å². The first-order chi connectivity index (χ1) is 10.8. The van der Waals surface area contributed by atoms with Gasteiger partial charge in [0, 0.05) is 18.9 Å². The smallest absolute Gasteiger partial charge is 0.119 e. The summed E-state index contributed by atoms with van der Waals surface area (Å²) in [5.74, 6) is 0.852. The van der Waals surface area contributed by atoms with Crippen molar-refractivity contribution in [2.75, 3.05) is 26.2 Å². The summed E-state index contributed by atoms with van der Waals surface area (Å²) in [6.07, 6.45) is 5.37. The first-order valence-corrected chi connectivity index (χ1v) is 7.86. The number of pyridine rings is 1. The highest BCUT2D eigenvalue weighted by Crippen LogP contribution is 2.23. The fourth-order valence-electron chi connectivity index (χ4n) is 2.78. The van der Waals surface area contributed by atoms with Crippen molar-refractivity contribution in [1.29, 1.82) is 0 Å². The number of hydrogen-bond acceptors (Lipinski definition) is 4. The summed E-state index contributed by atoms with van der Waals surface area (Å²) in [5, 5.41) is 10.3. The van der Waals surface area contributed by atoms with Gasteiger partial charge in [0.2, 0.25) is 0 Å². The van der Waals surface area contributed by atoms with Crippen LogP contribution in [-0.2, 0) is 0 Å². The van der Waals surface area contributed by atoms with Gasteiger partial charge in [0.05, 0.1) is 0 Å². The summed E-state index contributed by atoms with van der Waals surface area (Å²) in [6.45, 7) is 4.09. The molecule has 116 valence electrons. The Morgan fingerprint density at radius 1 is 1.00 bits per heavy atom. The van der Waals surface area contributed by atoms with E-state index in [4.69, 9.17) is 4.74 Å². The molecule has 0 radical (unpaired) electrons. The molecule has 0 amide bonds. The molecule has 1 saturated heterocycles. The SMILES string of the molecule is O[C@@H](c1ccncc1)c1ccc(OCCN2CCCC2)cc1. The van der Waals surface area contributed by atoms with Crippen molar-refractivity contribution < 1.29 is 9.84 Å². The Balaban J connectivity index is 1.53. The van der Waals surface area contributed by atoms with Gasteiger partial charge in [-0.3, -0.25) is 9.88 Å². The zero-order valence-electron chi connectivity index (χ0n) is 12.7. The van der Waals surface area contributed by atoms with Crippen LogP contribution in [0.4, 0.5) is 0 Å². The molecule has 2 heterocycles. The average Bonchev–Trinajstić information content (AvgIpc) is 3.09. The summed E-state index contributed by atoms with van der Waals surface area (Å²) in [6, 6.07) is 11.3. The van der Waals surface area contributed by atoms with Crippen LogP contribution in [0.2, 0.25) is 0 Å². The average molecular weight is 298 g/mol. The third-order valence-electron chi connectivity index (χ3n) is 4.09. The Bertz CT molecular complexity index is 565. The molecule has 0 saturated carbocycles. The fourth-order valence-corrected chi connectivity index (χ4v) is 2.78. The number of aliphatic hydroxyl groups is 1. The van der Waals surface area contributed by atoms with Crippen molar-refractivity contribution in [2.45, 2.75) is 18.9 Å². The minimum Gasteiger partial charge on any atom is -0.492 e. The second kappa shape index (κ2) is 7.38. The van der Waals surface area contributed by atoms with Crippen molar-refractivity contribution in [3.05, 3.63) is 59.9 Å². The van der Waals surface area contributed by atoms with Crippen molar-refractivity contribution >= 4 is 0 Å². The normalized spacial score (nSPS) is 16.6. The van der Waals surface area contributed by atoms with E-state index in [1.165, 1.54) is 25.9 Å². The van der Waals surface area contributed by atoms with E-state index in [0.717, 1.165) is 23.4 Å². The molecule has 0 aliphatic carbocycles. The molecule has 1 aliphatic rings. The van der Waals surface area contributed by atoms with Crippen molar-refractivity contribution in [3.8, 4) is 5.75 Å². The van der Waals surface area contributed by atoms with Crippen molar-refractivity contribution in [3.63, 3.8) is 0 Å². The predicted octanol–water partition coefficient (Wildman–Crippen LogP) is 2.64. The minimum absolute atomic E-state index is 0.623. The molecule has 1 aliphatic heterocycles. The van der Waals surface area contributed by atoms with Crippen LogP contribution in [0.25, 0.3) is 0 Å². The summed E-state index contributed by atoms with van der Waals surface area (Å²) in [7, 11) is 0. The van der Waals surface area contributed by atoms with Gasteiger partial charge >= 0.3 is 0 Å². The van der Waals surface area contributed by atoms with Gasteiger partial charge in [0.25, 0.3) is 0 Å². The molecule has 0 spiro atoms. The first kappa shape index (κ1) is 15.0. The molecule has 1 aromatic carbocycles. The van der Waals surface area contributed by atoms with E-state index in [1.807, 2.05) is 36.4 Å². The molecule has 4 heteroatoms. The molecule has 1 fully saturated rings. The second-order valence-corrected chi connectivity index (χ2v) is 5.65. The van der Waals surface area contributed by atoms with Gasteiger partial charge < -0.3 is 9.84 Å². The van der Waals surface area contributed by atoms with Gasteiger partial charge in [-0.1, -0.05) is 12.1 Å². The van der Waals surface area contributed by atoms with Crippen LogP contribution in [0, 0.1) is 0 Å². The molecule has 2 aromatic rings. The molecule has 1 N–H and O–H groups in total. The quantitative estimate of drug-likeness (QED) is 0.890. The van der Waals surface area contributed by atoms with Gasteiger partial charge in [-0.25, -0.2) is 0 Å². The number of aromatic nitrogens is 1. The third-order valence-corrected chi connectivity index (χ3v) is 4.09. The van der Waals surface area contributed by atoms with Gasteiger partial charge in [-0.15, -0.1) is 0 Å². The number of hydrogen-bond donors (Lipinski definition) is 1. The van der Waals surface area contributed by atoms with Crippen LogP contribution in [-0.4, -0.2) is 41.2 Å². The standard InChI is InChI=1S/C18H22N2O2/c21-18(16-7-9-19-10-8-16)15-3-5-17(6-4-15)22-14-13-20-11-1-2-12-20/h3-10,18,21H,1-2,11-14H2/t18-/m1/s1. The summed E-state index contributed by atoms with van der Waals surface area (Å²) in [4.78, 5) is 6.40. The van der Waals surface area contributed by atoms with Crippen LogP contribution in [0.1, 0.15) is 30.1 Å². The van der Waals surface area contributed by atoms with E-state index in [-0.39, 0.29) is 0 Å². The lowest BCUT2D eigenvalue weighted by atomic mass is 10.0. The van der Waals surface area contributed by atoms with E-state index >= 15 is 0 Å². The Hall–Kier alpha value is -1.91. The van der Waals surface area contributed by atoms with Crippen LogP contribution in [0.3, 0.4) is 0 Å². The van der Waals surface area contributed by atoms with Crippen LogP contribution in [0.15, 0.2) is 48.8 Å². The molecule has 22 heavy (non-hydrogen) atoms. The Kier molecular flexibility index (Phi) is 5.03. The number of ether oxygens (including phenoxy) is 1. The molecule has 1 aromatic heterocycles. The summed E-state index contributed by atoms with van der Waals surface area (Å²) in [5.41, 5.74) is 1.70. The maximum absolute atomic E-state index is 10.3. The highest BCUT2D eigenvalue weighted by Gasteiger charge is 2.12. The monoisotopic (exact) mass is 298 g/mol. The lowest BCUT2D eigenvalue weighted by Crippen LogP contribution is -2.25. The summed E-state index contributed by atoms with van der Waals surface area (Å²) < 4.78 is 5.78. The lowest BCUT2D eigenvalue weighted by Gasteiger charge is -2.15. The lowest BCUT2D eigenvalue weighted by molar-refractivity contribution is 0.219. The topological polar surface area (TPSA) is 45.6 Å². The summed E-state index contributed by atoms with van der Waals surface area (Å²) >= 11 is 0. The third kappa shape index (κ3) is 3.84. The Morgan fingerprint density at radius 2 is 1.64 bits per heavy atom. The molecular formula is C18H22N2O2. The Morgan fingerprint density at radius 3 is 2.32 bits per heavy atom. The maximum Gasteiger partial charge on any atom is 0.119 e. The number of nitrogens with zero attached hydrogens (tertiary/aromatic N) is 2. The predicted molar refractivity (Wildman–Crippen MR) is 85.9 cm³/mol. The Labute approximate surface area is 131 Å². The van der Waals surface area contributed by atoms with Crippen LogP contribution in [0.5, 0.6) is 5.75 Å². The number of likely N-dealkylation sites (tertiary alicyclic amines) is 1. The van der Waals surface area contributed by atoms with Gasteiger partial charge in [-0.2, -0.15) is 0 Å². The highest BCUT2D eigenvalue weighted by atomic mass is 16.5. The molecule has 0 bridgehead atoms. The highest BCUT2D eigenvalue weighted by molar-refractivity contribution is 5.33. The fraction of sp³-hybridized carbons (Fsp3) is 0.389. The van der Waals surface area contributed by atoms with Gasteiger partial charge in [-0.05, 0) is 61.3 Å². The van der Waals surface area contributed by atoms with E-state index < -0.39 is 6.10 Å². The van der Waals surface area contributed by atoms with Gasteiger partial charge in [0.15, 0.2) is 0 Å². The van der Waals surface area contributed by atoms with E-state index in [1.54, 1.807) is 12.4 Å². The van der Waals surface area contributed by atoms with Crippen LogP contribution >= 0.6 is 0 Å². The van der Waals surface area contributed by atoms with E-state index in [9.17, 15) is 5.11 Å². The van der Waals surface area contributed by atoms with Crippen LogP contribution < -0.4 is 4.74 Å². The van der Waals surface area contributed by atoms with Crippen molar-refractivity contribution in [1.82, 2.24) is 9.88 Å². The molecule has 3 rings (SSSR count). The zero-order chi connectivity index (χ0) is 15.2. The number of rotatable bonds is 6. The first-order valence-electron chi connectivity index (χ1n) is 7.86. The zero-order valence-corrected chi connectivity index (χ0v) is 12.7. The minimum atomic E-state index is -0.623. The number of aliphatic hydroxyl groups excluding tert-OH is 1. The van der Waals surface area contributed by atoms with E-state index in [0.29, 0.717) is 6.61 Å². The molecule has 0 unspecified atom stereocenters. The molecular weight excluding hydrogens is 276 g/mol. The number of benzene rings is 1. The largest absolute Gasteiger partial charge is 0.492 e. The van der Waals surface area contributed by atoms with E-state index in [2.05, 4.69) is 9.88 Å². The second-order valence-electron chi connectivity index (χ2n) is 5.65. The van der Waals surface area contributed by atoms with Gasteiger partial charge in [0.1, 0.15) is 18.5 Å². The molecule has 4 nitrogen and oxygen atoms in total. The molecule has 1 atom stereocenters. The maximum atomic E-state index is 10.3.